The average Bonchev–Trinajstić information content (AvgIpc) is 2.81. The molecule has 0 radical (unpaired) electrons. The first-order valence-electron chi connectivity index (χ1n) is 8.43. The lowest BCUT2D eigenvalue weighted by atomic mass is 9.49. The Morgan fingerprint density at radius 3 is 2.25 bits per heavy atom. The second-order valence-corrected chi connectivity index (χ2v) is 7.74. The van der Waals surface area contributed by atoms with Crippen molar-refractivity contribution in [1.29, 1.82) is 0 Å². The molecule has 2 N–H and O–H groups in total. The van der Waals surface area contributed by atoms with Gasteiger partial charge in [-0.05, 0) is 70.1 Å². The maximum absolute atomic E-state index is 6.13. The molecule has 0 aromatic carbocycles. The highest BCUT2D eigenvalue weighted by Crippen LogP contribution is 2.60. The van der Waals surface area contributed by atoms with Crippen molar-refractivity contribution in [2.45, 2.75) is 70.4 Å². The van der Waals surface area contributed by atoms with Gasteiger partial charge in [-0.3, -0.25) is 0 Å². The molecule has 3 nitrogen and oxygen atoms in total. The Balaban J connectivity index is 1.77. The molecule has 20 heavy (non-hydrogen) atoms. The van der Waals surface area contributed by atoms with Gasteiger partial charge in [0.15, 0.2) is 0 Å². The summed E-state index contributed by atoms with van der Waals surface area (Å²) in [7, 11) is 0. The van der Waals surface area contributed by atoms with E-state index in [0.717, 1.165) is 24.3 Å². The van der Waals surface area contributed by atoms with E-state index in [2.05, 4.69) is 18.4 Å². The van der Waals surface area contributed by atoms with Crippen LogP contribution in [0.5, 0.6) is 0 Å². The van der Waals surface area contributed by atoms with Crippen LogP contribution in [0.25, 0.3) is 0 Å². The van der Waals surface area contributed by atoms with Crippen molar-refractivity contribution in [3.05, 3.63) is 17.7 Å². The van der Waals surface area contributed by atoms with Gasteiger partial charge in [0.05, 0.1) is 11.9 Å². The second-order valence-electron chi connectivity index (χ2n) is 7.74. The van der Waals surface area contributed by atoms with Gasteiger partial charge >= 0.3 is 0 Å². The average molecular weight is 273 g/mol. The summed E-state index contributed by atoms with van der Waals surface area (Å²) in [6.45, 7) is 5.32. The summed E-state index contributed by atoms with van der Waals surface area (Å²) in [4.78, 5) is 4.88. The molecule has 1 unspecified atom stereocenters. The highest BCUT2D eigenvalue weighted by atomic mass is 15.1. The standard InChI is InChI=1S/C17H27N3/c1-3-20-15(11(2)18)10-19-16(20)17-7-12-4-13(8-17)6-14(5-12)9-17/h10-14H,3-9,18H2,1-2H3. The largest absolute Gasteiger partial charge is 0.330 e. The number of nitrogens with zero attached hydrogens (tertiary/aromatic N) is 2. The van der Waals surface area contributed by atoms with Crippen LogP contribution >= 0.6 is 0 Å². The van der Waals surface area contributed by atoms with Crippen molar-refractivity contribution < 1.29 is 0 Å². The Kier molecular flexibility index (Phi) is 2.79. The van der Waals surface area contributed by atoms with E-state index >= 15 is 0 Å². The minimum Gasteiger partial charge on any atom is -0.330 e. The first-order valence-corrected chi connectivity index (χ1v) is 8.43. The second kappa shape index (κ2) is 4.33. The summed E-state index contributed by atoms with van der Waals surface area (Å²) < 4.78 is 2.43. The van der Waals surface area contributed by atoms with E-state index in [0.29, 0.717) is 5.41 Å². The van der Waals surface area contributed by atoms with Gasteiger partial charge in [0.2, 0.25) is 0 Å². The van der Waals surface area contributed by atoms with E-state index in [-0.39, 0.29) is 6.04 Å². The third-order valence-electron chi connectivity index (χ3n) is 6.18. The van der Waals surface area contributed by atoms with Gasteiger partial charge in [-0.15, -0.1) is 0 Å². The van der Waals surface area contributed by atoms with E-state index in [1.54, 1.807) is 0 Å². The summed E-state index contributed by atoms with van der Waals surface area (Å²) in [5, 5.41) is 0. The quantitative estimate of drug-likeness (QED) is 0.917. The first-order chi connectivity index (χ1) is 9.61. The Morgan fingerprint density at radius 1 is 1.25 bits per heavy atom. The van der Waals surface area contributed by atoms with Crippen LogP contribution in [0.4, 0.5) is 0 Å². The van der Waals surface area contributed by atoms with Crippen LogP contribution in [-0.4, -0.2) is 9.55 Å². The Labute approximate surface area is 122 Å². The third kappa shape index (κ3) is 1.71. The zero-order valence-corrected chi connectivity index (χ0v) is 12.8. The lowest BCUT2D eigenvalue weighted by Crippen LogP contribution is -2.49. The van der Waals surface area contributed by atoms with Crippen molar-refractivity contribution in [2.75, 3.05) is 0 Å². The molecular weight excluding hydrogens is 246 g/mol. The molecule has 1 aromatic rings. The molecular formula is C17H27N3. The molecule has 110 valence electrons. The minimum atomic E-state index is 0.0881. The van der Waals surface area contributed by atoms with E-state index in [9.17, 15) is 0 Å². The van der Waals surface area contributed by atoms with E-state index in [1.165, 1.54) is 50.0 Å². The summed E-state index contributed by atoms with van der Waals surface area (Å²) in [6.07, 6.45) is 10.7. The van der Waals surface area contributed by atoms with E-state index in [4.69, 9.17) is 10.7 Å². The fourth-order valence-corrected chi connectivity index (χ4v) is 5.89. The first kappa shape index (κ1) is 12.9. The van der Waals surface area contributed by atoms with Gasteiger partial charge < -0.3 is 10.3 Å². The van der Waals surface area contributed by atoms with Crippen molar-refractivity contribution in [3.63, 3.8) is 0 Å². The lowest BCUT2D eigenvalue weighted by molar-refractivity contribution is -0.0110. The monoisotopic (exact) mass is 273 g/mol. The van der Waals surface area contributed by atoms with Gasteiger partial charge in [-0.25, -0.2) is 4.98 Å². The number of rotatable bonds is 3. The Morgan fingerprint density at radius 2 is 1.80 bits per heavy atom. The van der Waals surface area contributed by atoms with Gasteiger partial charge in [-0.2, -0.15) is 0 Å². The van der Waals surface area contributed by atoms with Crippen molar-refractivity contribution in [3.8, 4) is 0 Å². The van der Waals surface area contributed by atoms with Crippen molar-refractivity contribution in [2.24, 2.45) is 23.5 Å². The maximum Gasteiger partial charge on any atom is 0.115 e. The third-order valence-corrected chi connectivity index (χ3v) is 6.18. The van der Waals surface area contributed by atoms with E-state index in [1.807, 2.05) is 6.20 Å². The molecule has 4 aliphatic carbocycles. The molecule has 0 amide bonds. The molecule has 4 bridgehead atoms. The topological polar surface area (TPSA) is 43.8 Å². The minimum absolute atomic E-state index is 0.0881. The molecule has 3 heteroatoms. The maximum atomic E-state index is 6.13. The van der Waals surface area contributed by atoms with Crippen LogP contribution in [0.3, 0.4) is 0 Å². The molecule has 1 heterocycles. The van der Waals surface area contributed by atoms with Crippen LogP contribution in [0.2, 0.25) is 0 Å². The number of hydrogen-bond acceptors (Lipinski definition) is 2. The zero-order valence-electron chi connectivity index (χ0n) is 12.8. The van der Waals surface area contributed by atoms with Gasteiger partial charge in [-0.1, -0.05) is 0 Å². The molecule has 4 aliphatic rings. The normalized spacial score (nSPS) is 40.2. The lowest BCUT2D eigenvalue weighted by Gasteiger charge is -2.56. The molecule has 1 atom stereocenters. The van der Waals surface area contributed by atoms with Crippen LogP contribution in [0.15, 0.2) is 6.20 Å². The van der Waals surface area contributed by atoms with Crippen LogP contribution in [0.1, 0.15) is 69.9 Å². The van der Waals surface area contributed by atoms with Crippen LogP contribution in [0, 0.1) is 17.8 Å². The molecule has 4 fully saturated rings. The molecule has 1 aromatic heterocycles. The van der Waals surface area contributed by atoms with E-state index < -0.39 is 0 Å². The predicted molar refractivity (Wildman–Crippen MR) is 80.4 cm³/mol. The summed E-state index contributed by atoms with van der Waals surface area (Å²) >= 11 is 0. The molecule has 0 aliphatic heterocycles. The molecule has 0 spiro atoms. The molecule has 0 saturated heterocycles. The predicted octanol–water partition coefficient (Wildman–Crippen LogP) is 3.39. The summed E-state index contributed by atoms with van der Waals surface area (Å²) in [5.74, 6) is 4.29. The highest BCUT2D eigenvalue weighted by Gasteiger charge is 2.53. The fraction of sp³-hybridized carbons (Fsp3) is 0.824. The van der Waals surface area contributed by atoms with Crippen molar-refractivity contribution in [1.82, 2.24) is 9.55 Å². The van der Waals surface area contributed by atoms with Gasteiger partial charge in [0.1, 0.15) is 5.82 Å². The SMILES string of the molecule is CCn1c(C(C)N)cnc1C12CC3CC(CC(C3)C1)C2. The fourth-order valence-electron chi connectivity index (χ4n) is 5.89. The summed E-state index contributed by atoms with van der Waals surface area (Å²) in [6, 6.07) is 0.0881. The Bertz CT molecular complexity index is 479. The zero-order chi connectivity index (χ0) is 13.9. The van der Waals surface area contributed by atoms with Gasteiger partial charge in [0.25, 0.3) is 0 Å². The molecule has 4 saturated carbocycles. The van der Waals surface area contributed by atoms with Crippen LogP contribution < -0.4 is 5.73 Å². The number of nitrogens with two attached hydrogens (primary N) is 1. The van der Waals surface area contributed by atoms with Gasteiger partial charge in [0, 0.05) is 18.0 Å². The molecule has 5 rings (SSSR count). The van der Waals surface area contributed by atoms with Crippen molar-refractivity contribution >= 4 is 0 Å². The van der Waals surface area contributed by atoms with Crippen LogP contribution in [-0.2, 0) is 12.0 Å². The number of imidazole rings is 1. The Hall–Kier alpha value is -0.830. The number of hydrogen-bond donors (Lipinski definition) is 1. The highest BCUT2D eigenvalue weighted by molar-refractivity contribution is 5.22. The number of aromatic nitrogens is 2. The summed E-state index contributed by atoms with van der Waals surface area (Å²) in [5.41, 5.74) is 7.74. The smallest absolute Gasteiger partial charge is 0.115 e.